The van der Waals surface area contributed by atoms with Gasteiger partial charge in [0.1, 0.15) is 5.82 Å². The minimum absolute atomic E-state index is 0.0258. The van der Waals surface area contributed by atoms with Crippen molar-refractivity contribution in [2.75, 3.05) is 68.1 Å². The van der Waals surface area contributed by atoms with E-state index in [1.54, 1.807) is 4.90 Å². The van der Waals surface area contributed by atoms with E-state index in [1.807, 2.05) is 4.90 Å². The number of nitrogens with one attached hydrogen (secondary N) is 2. The van der Waals surface area contributed by atoms with Crippen molar-refractivity contribution in [3.63, 3.8) is 0 Å². The molecule has 0 spiro atoms. The fourth-order valence-corrected chi connectivity index (χ4v) is 5.35. The summed E-state index contributed by atoms with van der Waals surface area (Å²) in [5, 5.41) is 2.39. The van der Waals surface area contributed by atoms with Gasteiger partial charge in [-0.05, 0) is 25.6 Å². The number of amides is 1. The Bertz CT molecular complexity index is 1590. The second kappa shape index (κ2) is 12.6. The summed E-state index contributed by atoms with van der Waals surface area (Å²) in [7, 11) is 1.31. The third kappa shape index (κ3) is 7.53. The Labute approximate surface area is 251 Å². The zero-order valence-corrected chi connectivity index (χ0v) is 23.8. The molecule has 10 nitrogen and oxygen atoms in total. The molecule has 2 saturated heterocycles. The van der Waals surface area contributed by atoms with Crippen LogP contribution in [0.3, 0.4) is 0 Å². The van der Waals surface area contributed by atoms with E-state index >= 15 is 4.39 Å². The van der Waals surface area contributed by atoms with Crippen molar-refractivity contribution in [2.24, 2.45) is 0 Å². The van der Waals surface area contributed by atoms with E-state index in [9.17, 15) is 35.9 Å². The molecule has 2 N–H and O–H groups in total. The second-order valence-corrected chi connectivity index (χ2v) is 10.7. The molecule has 0 unspecified atom stereocenters. The third-order valence-electron chi connectivity index (χ3n) is 7.61. The van der Waals surface area contributed by atoms with E-state index in [2.05, 4.69) is 20.3 Å². The Morgan fingerprint density at radius 3 is 2.40 bits per heavy atom. The number of likely N-dealkylation sites (N-methyl/N-ethyl adjacent to an activating group) is 1. The van der Waals surface area contributed by atoms with E-state index < -0.39 is 53.3 Å². The van der Waals surface area contributed by atoms with E-state index in [0.717, 1.165) is 11.0 Å². The quantitative estimate of drug-likeness (QED) is 0.370. The van der Waals surface area contributed by atoms with Gasteiger partial charge in [0, 0.05) is 68.0 Å². The van der Waals surface area contributed by atoms with Crippen LogP contribution in [0.2, 0.25) is 0 Å². The first kappa shape index (κ1) is 32.2. The van der Waals surface area contributed by atoms with Crippen molar-refractivity contribution >= 4 is 23.2 Å². The van der Waals surface area contributed by atoms with Gasteiger partial charge in [0.2, 0.25) is 11.5 Å². The molecule has 0 radical (unpaired) electrons. The molecule has 5 rings (SSSR count). The first-order valence-corrected chi connectivity index (χ1v) is 13.8. The number of nitrogens with zero attached hydrogens (tertiary/aromatic N) is 5. The van der Waals surface area contributed by atoms with Gasteiger partial charge in [0.15, 0.2) is 0 Å². The zero-order chi connectivity index (χ0) is 32.5. The maximum atomic E-state index is 15.7. The molecule has 1 aromatic carbocycles. The van der Waals surface area contributed by atoms with Crippen molar-refractivity contribution in [2.45, 2.75) is 24.8 Å². The molecule has 2 aliphatic heterocycles. The summed E-state index contributed by atoms with van der Waals surface area (Å²) in [5.41, 5.74) is -3.37. The molecule has 2 aliphatic rings. The SMILES string of the molecule is CN(CC(F)(F)F)[C@@H]1CCN(c2cc(F)c(-c3cnc(N4CCOCC4)nc3)cc2NC(=O)c2c[nH]c(=O)cc2C(F)(F)F)C1. The van der Waals surface area contributed by atoms with Gasteiger partial charge in [-0.1, -0.05) is 0 Å². The molecule has 2 fully saturated rings. The number of benzene rings is 1. The van der Waals surface area contributed by atoms with Crippen molar-refractivity contribution in [1.82, 2.24) is 19.9 Å². The minimum atomic E-state index is -5.04. The number of morpholine rings is 1. The van der Waals surface area contributed by atoms with Gasteiger partial charge < -0.3 is 24.8 Å². The fraction of sp³-hybridized carbons (Fsp3) is 0.429. The maximum Gasteiger partial charge on any atom is 0.417 e. The lowest BCUT2D eigenvalue weighted by atomic mass is 10.0. The largest absolute Gasteiger partial charge is 0.417 e. The van der Waals surface area contributed by atoms with Crippen LogP contribution in [0.5, 0.6) is 0 Å². The van der Waals surface area contributed by atoms with Gasteiger partial charge in [-0.2, -0.15) is 26.3 Å². The molecule has 45 heavy (non-hydrogen) atoms. The third-order valence-corrected chi connectivity index (χ3v) is 7.61. The number of anilines is 3. The molecule has 3 aromatic rings. The van der Waals surface area contributed by atoms with Crippen molar-refractivity contribution in [3.05, 3.63) is 64.1 Å². The lowest BCUT2D eigenvalue weighted by Crippen LogP contribution is -2.40. The van der Waals surface area contributed by atoms with E-state index in [4.69, 9.17) is 4.74 Å². The number of hydrogen-bond acceptors (Lipinski definition) is 8. The van der Waals surface area contributed by atoms with Crippen LogP contribution in [0.1, 0.15) is 22.3 Å². The number of halogens is 7. The van der Waals surface area contributed by atoms with Gasteiger partial charge in [-0.3, -0.25) is 14.5 Å². The Balaban J connectivity index is 1.50. The smallest absolute Gasteiger partial charge is 0.378 e. The zero-order valence-electron chi connectivity index (χ0n) is 23.8. The molecule has 242 valence electrons. The molecule has 0 saturated carbocycles. The van der Waals surface area contributed by atoms with Crippen LogP contribution in [0.15, 0.2) is 41.6 Å². The highest BCUT2D eigenvalue weighted by atomic mass is 19.4. The van der Waals surface area contributed by atoms with E-state index in [1.165, 1.54) is 25.5 Å². The Kier molecular flexibility index (Phi) is 9.02. The van der Waals surface area contributed by atoms with Crippen molar-refractivity contribution in [1.29, 1.82) is 0 Å². The van der Waals surface area contributed by atoms with Crippen LogP contribution in [-0.2, 0) is 10.9 Å². The highest BCUT2D eigenvalue weighted by Crippen LogP contribution is 2.38. The lowest BCUT2D eigenvalue weighted by Gasteiger charge is -2.27. The predicted molar refractivity (Wildman–Crippen MR) is 150 cm³/mol. The first-order valence-electron chi connectivity index (χ1n) is 13.8. The number of carbonyl (C=O) groups excluding carboxylic acids is 1. The predicted octanol–water partition coefficient (Wildman–Crippen LogP) is 4.15. The topological polar surface area (TPSA) is 107 Å². The summed E-state index contributed by atoms with van der Waals surface area (Å²) in [6.07, 6.45) is -5.85. The molecule has 1 amide bonds. The monoisotopic (exact) mass is 643 g/mol. The number of ether oxygens (including phenoxy) is 1. The summed E-state index contributed by atoms with van der Waals surface area (Å²) in [4.78, 5) is 40.0. The van der Waals surface area contributed by atoms with Crippen LogP contribution < -0.4 is 20.7 Å². The van der Waals surface area contributed by atoms with Crippen LogP contribution in [-0.4, -0.2) is 91.0 Å². The molecular formula is C28H28F7N7O3. The van der Waals surface area contributed by atoms with Gasteiger partial charge in [-0.15, -0.1) is 0 Å². The first-order chi connectivity index (χ1) is 21.2. The average molecular weight is 644 g/mol. The summed E-state index contributed by atoms with van der Waals surface area (Å²) >= 11 is 0. The van der Waals surface area contributed by atoms with Crippen LogP contribution >= 0.6 is 0 Å². The molecule has 2 aromatic heterocycles. The number of rotatable bonds is 7. The highest BCUT2D eigenvalue weighted by Gasteiger charge is 2.37. The number of aromatic amines is 1. The normalized spacial score (nSPS) is 17.7. The summed E-state index contributed by atoms with van der Waals surface area (Å²) < 4.78 is 101. The molecule has 17 heteroatoms. The minimum Gasteiger partial charge on any atom is -0.378 e. The molecule has 4 heterocycles. The lowest BCUT2D eigenvalue weighted by molar-refractivity contribution is -0.146. The fourth-order valence-electron chi connectivity index (χ4n) is 5.35. The van der Waals surface area contributed by atoms with Crippen molar-refractivity contribution < 1.29 is 40.3 Å². The number of hydrogen-bond donors (Lipinski definition) is 2. The van der Waals surface area contributed by atoms with Gasteiger partial charge >= 0.3 is 12.4 Å². The van der Waals surface area contributed by atoms with Gasteiger partial charge in [0.05, 0.1) is 42.3 Å². The molecule has 1 atom stereocenters. The second-order valence-electron chi connectivity index (χ2n) is 10.7. The van der Waals surface area contributed by atoms with Crippen LogP contribution in [0.25, 0.3) is 11.1 Å². The summed E-state index contributed by atoms with van der Waals surface area (Å²) in [6.45, 7) is 1.11. The Morgan fingerprint density at radius 1 is 1.07 bits per heavy atom. The summed E-state index contributed by atoms with van der Waals surface area (Å²) in [5.74, 6) is -1.64. The molecule has 0 bridgehead atoms. The van der Waals surface area contributed by atoms with E-state index in [-0.39, 0.29) is 48.1 Å². The Morgan fingerprint density at radius 2 is 1.76 bits per heavy atom. The molecular weight excluding hydrogens is 615 g/mol. The average Bonchev–Trinajstić information content (AvgIpc) is 3.48. The Hall–Kier alpha value is -4.25. The summed E-state index contributed by atoms with van der Waals surface area (Å²) in [6, 6.07) is 1.95. The number of alkyl halides is 6. The van der Waals surface area contributed by atoms with Crippen molar-refractivity contribution in [3.8, 4) is 11.1 Å². The maximum absolute atomic E-state index is 15.7. The van der Waals surface area contributed by atoms with Gasteiger partial charge in [0.25, 0.3) is 5.91 Å². The standard InChI is InChI=1S/C28H28F7N7O3/c1-40(15-27(30,31)32)17-2-3-42(14-17)23-10-21(29)18(16-11-37-26(38-12-16)41-4-6-45-7-5-41)8-22(23)39-25(44)19-13-36-24(43)9-20(19)28(33,34)35/h8-13,17H,2-7,14-15H2,1H3,(H,36,43)(H,39,44)/t17-/m1/s1. The molecule has 0 aliphatic carbocycles. The van der Waals surface area contributed by atoms with Crippen LogP contribution in [0, 0.1) is 5.82 Å². The number of aromatic nitrogens is 3. The number of H-pyrrole nitrogens is 1. The van der Waals surface area contributed by atoms with Gasteiger partial charge in [-0.25, -0.2) is 14.4 Å². The number of pyridine rings is 1. The highest BCUT2D eigenvalue weighted by molar-refractivity contribution is 6.07. The number of carbonyl (C=O) groups is 1. The van der Waals surface area contributed by atoms with E-state index in [0.29, 0.717) is 38.4 Å². The van der Waals surface area contributed by atoms with Crippen LogP contribution in [0.4, 0.5) is 48.1 Å².